The van der Waals surface area contributed by atoms with Crippen molar-refractivity contribution in [3.63, 3.8) is 0 Å². The Labute approximate surface area is 144 Å². The average molecular weight is 368 g/mol. The molecule has 6 heteroatoms. The molecule has 2 atom stereocenters. The Bertz CT molecular complexity index is 518. The molecule has 0 saturated carbocycles. The first kappa shape index (κ1) is 16.1. The molecule has 0 amide bonds. The maximum atomic E-state index is 6.28. The molecule has 0 N–H and O–H groups in total. The minimum absolute atomic E-state index is 0.00634. The largest absolute Gasteiger partial charge is 0.488 e. The van der Waals surface area contributed by atoms with E-state index in [0.717, 1.165) is 37.2 Å². The van der Waals surface area contributed by atoms with Gasteiger partial charge in [-0.2, -0.15) is 11.8 Å². The molecule has 0 aliphatic carbocycles. The Morgan fingerprint density at radius 3 is 2.95 bits per heavy atom. The lowest BCUT2D eigenvalue weighted by molar-refractivity contribution is -0.0959. The zero-order valence-electron chi connectivity index (χ0n) is 11.5. The summed E-state index contributed by atoms with van der Waals surface area (Å²) in [6, 6.07) is 3.52. The lowest BCUT2D eigenvalue weighted by Crippen LogP contribution is -2.43. The highest BCUT2D eigenvalue weighted by molar-refractivity contribution is 7.99. The fourth-order valence-corrected chi connectivity index (χ4v) is 5.12. The second-order valence-electron chi connectivity index (χ2n) is 5.58. The van der Waals surface area contributed by atoms with Gasteiger partial charge in [-0.25, -0.2) is 0 Å². The molecule has 0 radical (unpaired) electrons. The van der Waals surface area contributed by atoms with Crippen LogP contribution in [0.5, 0.6) is 5.75 Å². The Hall–Kier alpha value is 0.200. The van der Waals surface area contributed by atoms with Crippen molar-refractivity contribution in [2.24, 2.45) is 0 Å². The molecule has 1 aromatic rings. The maximum absolute atomic E-state index is 6.28. The van der Waals surface area contributed by atoms with Gasteiger partial charge in [-0.1, -0.05) is 23.2 Å². The molecule has 2 fully saturated rings. The highest BCUT2D eigenvalue weighted by atomic mass is 35.5. The van der Waals surface area contributed by atoms with E-state index >= 15 is 0 Å². The van der Waals surface area contributed by atoms with E-state index in [4.69, 9.17) is 44.3 Å². The Morgan fingerprint density at radius 1 is 1.38 bits per heavy atom. The lowest BCUT2D eigenvalue weighted by atomic mass is 9.91. The van der Waals surface area contributed by atoms with Gasteiger partial charge in [0.1, 0.15) is 11.9 Å². The van der Waals surface area contributed by atoms with Crippen LogP contribution in [0.3, 0.4) is 0 Å². The minimum Gasteiger partial charge on any atom is -0.488 e. The van der Waals surface area contributed by atoms with Crippen LogP contribution in [0.15, 0.2) is 12.1 Å². The summed E-state index contributed by atoms with van der Waals surface area (Å²) in [5, 5.41) is 1.11. The van der Waals surface area contributed by atoms with Crippen molar-refractivity contribution < 1.29 is 9.47 Å². The summed E-state index contributed by atoms with van der Waals surface area (Å²) in [6.07, 6.45) is 3.03. The Morgan fingerprint density at radius 2 is 2.24 bits per heavy atom. The second-order valence-corrected chi connectivity index (χ2v) is 7.79. The van der Waals surface area contributed by atoms with Crippen LogP contribution in [0.2, 0.25) is 10.0 Å². The predicted molar refractivity (Wildman–Crippen MR) is 90.3 cm³/mol. The maximum Gasteiger partial charge on any atom is 0.142 e. The zero-order valence-corrected chi connectivity index (χ0v) is 14.6. The third-order valence-electron chi connectivity index (χ3n) is 4.03. The first-order chi connectivity index (χ1) is 10.1. The van der Waals surface area contributed by atoms with E-state index in [-0.39, 0.29) is 11.7 Å². The summed E-state index contributed by atoms with van der Waals surface area (Å²) in [6.45, 7) is 0.743. The molecular weight excluding hydrogens is 351 g/mol. The third kappa shape index (κ3) is 3.59. The molecule has 2 aliphatic heterocycles. The normalized spacial score (nSPS) is 29.0. The van der Waals surface area contributed by atoms with Crippen LogP contribution in [0.4, 0.5) is 0 Å². The van der Waals surface area contributed by atoms with Gasteiger partial charge in [-0.05, 0) is 24.3 Å². The van der Waals surface area contributed by atoms with E-state index < -0.39 is 0 Å². The van der Waals surface area contributed by atoms with Crippen LogP contribution in [-0.4, -0.2) is 29.8 Å². The van der Waals surface area contributed by atoms with Crippen LogP contribution < -0.4 is 4.74 Å². The van der Waals surface area contributed by atoms with Crippen molar-refractivity contribution in [1.29, 1.82) is 0 Å². The summed E-state index contributed by atoms with van der Waals surface area (Å²) in [7, 11) is 0. The van der Waals surface area contributed by atoms with E-state index in [1.807, 2.05) is 17.8 Å². The zero-order chi connectivity index (χ0) is 14.9. The van der Waals surface area contributed by atoms with E-state index in [0.29, 0.717) is 21.7 Å². The van der Waals surface area contributed by atoms with Gasteiger partial charge in [-0.3, -0.25) is 0 Å². The molecule has 2 aliphatic rings. The smallest absolute Gasteiger partial charge is 0.142 e. The number of alkyl halides is 1. The molecule has 2 nitrogen and oxygen atoms in total. The van der Waals surface area contributed by atoms with Gasteiger partial charge < -0.3 is 9.47 Å². The molecular formula is C15H17Cl3O2S. The van der Waals surface area contributed by atoms with E-state index in [1.165, 1.54) is 5.75 Å². The standard InChI is InChI=1S/C15H17Cl3O2S/c16-8-10-5-11(17)6-13(18)14(10)20-12-1-3-19-15(7-12)2-4-21-9-15/h5-6,12H,1-4,7-9H2. The molecule has 1 spiro atoms. The molecule has 2 heterocycles. The van der Waals surface area contributed by atoms with Crippen molar-refractivity contribution in [2.45, 2.75) is 36.8 Å². The molecule has 0 bridgehead atoms. The second kappa shape index (κ2) is 6.76. The van der Waals surface area contributed by atoms with Crippen LogP contribution in [0.1, 0.15) is 24.8 Å². The van der Waals surface area contributed by atoms with Crippen molar-refractivity contribution in [3.05, 3.63) is 27.7 Å². The first-order valence-electron chi connectivity index (χ1n) is 7.04. The Balaban J connectivity index is 1.77. The van der Waals surface area contributed by atoms with Crippen LogP contribution in [0, 0.1) is 0 Å². The number of ether oxygens (including phenoxy) is 2. The molecule has 116 valence electrons. The topological polar surface area (TPSA) is 18.5 Å². The van der Waals surface area contributed by atoms with Gasteiger partial charge in [0.25, 0.3) is 0 Å². The highest BCUT2D eigenvalue weighted by Gasteiger charge is 2.41. The van der Waals surface area contributed by atoms with Gasteiger partial charge in [0.2, 0.25) is 0 Å². The number of benzene rings is 1. The fourth-order valence-electron chi connectivity index (χ4n) is 2.96. The average Bonchev–Trinajstić information content (AvgIpc) is 2.89. The van der Waals surface area contributed by atoms with Gasteiger partial charge in [0.05, 0.1) is 23.1 Å². The quantitative estimate of drug-likeness (QED) is 0.687. The third-order valence-corrected chi connectivity index (χ3v) is 6.04. The predicted octanol–water partition coefficient (Wildman–Crippen LogP) is 5.17. The number of thioether (sulfide) groups is 1. The summed E-state index contributed by atoms with van der Waals surface area (Å²) >= 11 is 20.2. The first-order valence-corrected chi connectivity index (χ1v) is 9.49. The van der Waals surface area contributed by atoms with Crippen molar-refractivity contribution >= 4 is 46.6 Å². The summed E-state index contributed by atoms with van der Waals surface area (Å²) < 4.78 is 12.2. The lowest BCUT2D eigenvalue weighted by Gasteiger charge is -2.38. The van der Waals surface area contributed by atoms with E-state index in [1.54, 1.807) is 6.07 Å². The summed E-state index contributed by atoms with van der Waals surface area (Å²) in [5.41, 5.74) is 0.837. The van der Waals surface area contributed by atoms with E-state index in [2.05, 4.69) is 0 Å². The monoisotopic (exact) mass is 366 g/mol. The minimum atomic E-state index is -0.00634. The summed E-state index contributed by atoms with van der Waals surface area (Å²) in [5.74, 6) is 3.23. The fraction of sp³-hybridized carbons (Fsp3) is 0.600. The van der Waals surface area contributed by atoms with Crippen molar-refractivity contribution in [2.75, 3.05) is 18.1 Å². The molecule has 1 aromatic carbocycles. The van der Waals surface area contributed by atoms with Crippen molar-refractivity contribution in [3.8, 4) is 5.75 Å². The highest BCUT2D eigenvalue weighted by Crippen LogP contribution is 2.41. The number of hydrogen-bond donors (Lipinski definition) is 0. The van der Waals surface area contributed by atoms with Crippen LogP contribution in [-0.2, 0) is 10.6 Å². The van der Waals surface area contributed by atoms with E-state index in [9.17, 15) is 0 Å². The summed E-state index contributed by atoms with van der Waals surface area (Å²) in [4.78, 5) is 0. The Kier molecular flexibility index (Phi) is 5.17. The van der Waals surface area contributed by atoms with Crippen LogP contribution in [0.25, 0.3) is 0 Å². The molecule has 2 saturated heterocycles. The molecule has 21 heavy (non-hydrogen) atoms. The molecule has 3 rings (SSSR count). The van der Waals surface area contributed by atoms with Gasteiger partial charge in [0.15, 0.2) is 0 Å². The van der Waals surface area contributed by atoms with Gasteiger partial charge in [-0.15, -0.1) is 11.6 Å². The SMILES string of the molecule is ClCc1cc(Cl)cc(Cl)c1OC1CCOC2(CCSC2)C1. The molecule has 2 unspecified atom stereocenters. The van der Waals surface area contributed by atoms with Gasteiger partial charge in [0, 0.05) is 29.2 Å². The number of halogens is 3. The van der Waals surface area contributed by atoms with Crippen LogP contribution >= 0.6 is 46.6 Å². The van der Waals surface area contributed by atoms with Gasteiger partial charge >= 0.3 is 0 Å². The van der Waals surface area contributed by atoms with Crippen molar-refractivity contribution in [1.82, 2.24) is 0 Å². The number of rotatable bonds is 3. The molecule has 0 aromatic heterocycles. The number of hydrogen-bond acceptors (Lipinski definition) is 3.